The summed E-state index contributed by atoms with van der Waals surface area (Å²) in [5, 5.41) is 30.3. The van der Waals surface area contributed by atoms with E-state index in [2.05, 4.69) is 0 Å². The normalized spacial score (nSPS) is 25.9. The van der Waals surface area contributed by atoms with Crippen molar-refractivity contribution in [2.45, 2.75) is 30.7 Å². The van der Waals surface area contributed by atoms with Crippen LogP contribution in [0.15, 0.2) is 21.9 Å². The zero-order valence-corrected chi connectivity index (χ0v) is 13.5. The number of ether oxygens (including phenoxy) is 1. The molecular weight excluding hydrogens is 379 g/mol. The molecule has 1 aliphatic rings. The number of hydrogen-bond donors (Lipinski definition) is 5. The van der Waals surface area contributed by atoms with Gasteiger partial charge in [0.25, 0.3) is 5.56 Å². The van der Waals surface area contributed by atoms with Crippen molar-refractivity contribution in [3.8, 4) is 0 Å². The average Bonchev–Trinajstić information content (AvgIpc) is 2.87. The molecule has 0 aromatic carbocycles. The van der Waals surface area contributed by atoms with Crippen LogP contribution < -0.4 is 16.6 Å². The molecule has 1 aromatic rings. The van der Waals surface area contributed by atoms with Crippen molar-refractivity contribution in [3.05, 3.63) is 38.7 Å². The number of hydrogen-bond acceptors (Lipinski definition) is 7. The van der Waals surface area contributed by atoms with E-state index in [-0.39, 0.29) is 5.56 Å². The predicted octanol–water partition coefficient (Wildman–Crippen LogP) is -2.16. The molecule has 2 rings (SSSR count). The number of nitrogens with one attached hydrogen (secondary N) is 2. The number of alkyl halides is 3. The number of aliphatic hydroxyl groups excluding tert-OH is 3. The van der Waals surface area contributed by atoms with Crippen LogP contribution in [-0.2, 0) is 9.53 Å². The first-order valence-electron chi connectivity index (χ1n) is 7.55. The summed E-state index contributed by atoms with van der Waals surface area (Å²) in [7, 11) is 0. The average molecular weight is 395 g/mol. The molecule has 1 fully saturated rings. The van der Waals surface area contributed by atoms with E-state index >= 15 is 0 Å². The van der Waals surface area contributed by atoms with Crippen molar-refractivity contribution in [2.24, 2.45) is 0 Å². The highest BCUT2D eigenvalue weighted by Crippen LogP contribution is 2.28. The molecule has 5 N–H and O–H groups in total. The number of amides is 1. The Balaban J connectivity index is 2.19. The Morgan fingerprint density at radius 3 is 2.56 bits per heavy atom. The Morgan fingerprint density at radius 2 is 2.00 bits per heavy atom. The molecule has 0 aliphatic carbocycles. The lowest BCUT2D eigenvalue weighted by atomic mass is 10.1. The summed E-state index contributed by atoms with van der Waals surface area (Å²) in [4.78, 5) is 36.3. The van der Waals surface area contributed by atoms with Gasteiger partial charge in [0.15, 0.2) is 6.23 Å². The van der Waals surface area contributed by atoms with E-state index in [4.69, 9.17) is 9.84 Å². The maximum absolute atomic E-state index is 12.1. The van der Waals surface area contributed by atoms with Gasteiger partial charge < -0.3 is 25.4 Å². The molecule has 150 valence electrons. The molecule has 10 nitrogen and oxygen atoms in total. The van der Waals surface area contributed by atoms with Crippen molar-refractivity contribution in [1.29, 1.82) is 0 Å². The van der Waals surface area contributed by atoms with E-state index in [1.165, 1.54) is 0 Å². The number of carbonyl (C=O) groups is 1. The monoisotopic (exact) mass is 395 g/mol. The molecule has 0 spiro atoms. The van der Waals surface area contributed by atoms with Gasteiger partial charge in [0, 0.05) is 12.7 Å². The summed E-state index contributed by atoms with van der Waals surface area (Å²) in [6.07, 6.45) is -7.60. The van der Waals surface area contributed by atoms with E-state index in [0.717, 1.165) is 22.9 Å². The minimum atomic E-state index is -5.04. The Hall–Kier alpha value is -2.48. The summed E-state index contributed by atoms with van der Waals surface area (Å²) < 4.78 is 42.1. The Kier molecular flexibility index (Phi) is 6.20. The number of halogens is 3. The van der Waals surface area contributed by atoms with Crippen LogP contribution >= 0.6 is 0 Å². The molecule has 2 heterocycles. The van der Waals surface area contributed by atoms with Crippen LogP contribution in [0.1, 0.15) is 11.8 Å². The van der Waals surface area contributed by atoms with Crippen molar-refractivity contribution in [2.75, 3.05) is 13.2 Å². The number of aliphatic hydroxyl groups is 3. The summed E-state index contributed by atoms with van der Waals surface area (Å²) in [6.45, 7) is -1.16. The van der Waals surface area contributed by atoms with Gasteiger partial charge >= 0.3 is 17.8 Å². The third-order valence-electron chi connectivity index (χ3n) is 3.72. The first-order valence-corrected chi connectivity index (χ1v) is 7.55. The van der Waals surface area contributed by atoms with Gasteiger partial charge in [-0.2, -0.15) is 13.2 Å². The van der Waals surface area contributed by atoms with E-state index in [1.54, 1.807) is 5.32 Å². The lowest BCUT2D eigenvalue weighted by Crippen LogP contribution is -2.38. The minimum absolute atomic E-state index is 0.186. The van der Waals surface area contributed by atoms with Crippen LogP contribution in [0.5, 0.6) is 0 Å². The van der Waals surface area contributed by atoms with Gasteiger partial charge in [0.1, 0.15) is 18.3 Å². The molecule has 1 saturated heterocycles. The molecule has 0 saturated carbocycles. The van der Waals surface area contributed by atoms with Gasteiger partial charge in [-0.3, -0.25) is 19.1 Å². The largest absolute Gasteiger partial charge is 0.471 e. The van der Waals surface area contributed by atoms with Crippen molar-refractivity contribution < 1.29 is 38.0 Å². The summed E-state index contributed by atoms with van der Waals surface area (Å²) >= 11 is 0. The maximum atomic E-state index is 12.1. The highest BCUT2D eigenvalue weighted by molar-refractivity contribution is 5.81. The fraction of sp³-hybridized carbons (Fsp3) is 0.500. The molecule has 13 heteroatoms. The van der Waals surface area contributed by atoms with Gasteiger partial charge in [0.2, 0.25) is 0 Å². The van der Waals surface area contributed by atoms with Crippen LogP contribution in [-0.4, -0.2) is 68.4 Å². The molecule has 4 unspecified atom stereocenters. The predicted molar refractivity (Wildman–Crippen MR) is 82.4 cm³/mol. The molecule has 1 amide bonds. The number of aromatic amines is 1. The molecule has 4 atom stereocenters. The van der Waals surface area contributed by atoms with Gasteiger partial charge in [0.05, 0.1) is 12.2 Å². The molecule has 1 aromatic heterocycles. The van der Waals surface area contributed by atoms with E-state index in [0.29, 0.717) is 0 Å². The Labute approximate surface area is 148 Å². The van der Waals surface area contributed by atoms with Crippen molar-refractivity contribution >= 4 is 12.0 Å². The highest BCUT2D eigenvalue weighted by Gasteiger charge is 2.43. The maximum Gasteiger partial charge on any atom is 0.471 e. The SMILES string of the molecule is O=C(NC/C=C/c1cn(C2OC(CO)C(O)C2O)c(=O)[nH]c1=O)C(F)(F)F. The smallest absolute Gasteiger partial charge is 0.394 e. The topological polar surface area (TPSA) is 154 Å². The van der Waals surface area contributed by atoms with Crippen LogP contribution in [0.2, 0.25) is 0 Å². The minimum Gasteiger partial charge on any atom is -0.394 e. The van der Waals surface area contributed by atoms with Crippen LogP contribution in [0.4, 0.5) is 13.2 Å². The number of H-pyrrole nitrogens is 1. The standard InChI is InChI=1S/C14H16F3N3O7/c15-14(16,17)12(25)18-3-1-2-6-4-20(13(26)19-10(6)24)11-9(23)8(22)7(5-21)27-11/h1-2,4,7-9,11,21-23H,3,5H2,(H,18,25)(H,19,24,26)/b2-1+. The quantitative estimate of drug-likeness (QED) is 0.381. The summed E-state index contributed by atoms with van der Waals surface area (Å²) in [5.74, 6) is -2.16. The van der Waals surface area contributed by atoms with Crippen molar-refractivity contribution in [3.63, 3.8) is 0 Å². The molecule has 0 bridgehead atoms. The second kappa shape index (κ2) is 8.04. The van der Waals surface area contributed by atoms with Crippen molar-refractivity contribution in [1.82, 2.24) is 14.9 Å². The first-order chi connectivity index (χ1) is 12.6. The summed E-state index contributed by atoms with van der Waals surface area (Å²) in [5.41, 5.74) is -2.03. The van der Waals surface area contributed by atoms with Crippen LogP contribution in [0, 0.1) is 0 Å². The Bertz CT molecular complexity index is 832. The zero-order chi connectivity index (χ0) is 20.4. The fourth-order valence-corrected chi connectivity index (χ4v) is 2.36. The lowest BCUT2D eigenvalue weighted by molar-refractivity contribution is -0.173. The third-order valence-corrected chi connectivity index (χ3v) is 3.72. The van der Waals surface area contributed by atoms with Gasteiger partial charge in [-0.25, -0.2) is 4.79 Å². The molecule has 27 heavy (non-hydrogen) atoms. The molecule has 1 aliphatic heterocycles. The van der Waals surface area contributed by atoms with Gasteiger partial charge in [-0.05, 0) is 0 Å². The van der Waals surface area contributed by atoms with Crippen LogP contribution in [0.3, 0.4) is 0 Å². The fourth-order valence-electron chi connectivity index (χ4n) is 2.36. The zero-order valence-electron chi connectivity index (χ0n) is 13.5. The molecular formula is C14H16F3N3O7. The second-order valence-electron chi connectivity index (χ2n) is 5.59. The van der Waals surface area contributed by atoms with Gasteiger partial charge in [-0.1, -0.05) is 12.2 Å². The third kappa shape index (κ3) is 4.63. The van der Waals surface area contributed by atoms with E-state index in [1.807, 2.05) is 4.98 Å². The number of nitrogens with zero attached hydrogens (tertiary/aromatic N) is 1. The number of aromatic nitrogens is 2. The van der Waals surface area contributed by atoms with E-state index in [9.17, 15) is 37.8 Å². The molecule has 0 radical (unpaired) electrons. The first kappa shape index (κ1) is 20.8. The number of carbonyl (C=O) groups excluding carboxylic acids is 1. The van der Waals surface area contributed by atoms with E-state index < -0.39 is 61.0 Å². The Morgan fingerprint density at radius 1 is 1.33 bits per heavy atom. The number of rotatable bonds is 5. The van der Waals surface area contributed by atoms with Crippen LogP contribution in [0.25, 0.3) is 6.08 Å². The lowest BCUT2D eigenvalue weighted by Gasteiger charge is -2.17. The highest BCUT2D eigenvalue weighted by atomic mass is 19.4. The summed E-state index contributed by atoms with van der Waals surface area (Å²) in [6, 6.07) is 0. The second-order valence-corrected chi connectivity index (χ2v) is 5.59. The van der Waals surface area contributed by atoms with Gasteiger partial charge in [-0.15, -0.1) is 0 Å².